The molecule has 0 amide bonds. The largest absolute Gasteiger partial charge is 0.446 e. The van der Waals surface area contributed by atoms with Gasteiger partial charge in [-0.1, -0.05) is 26.2 Å². The Balaban J connectivity index is 2.29. The molecular formula is C11H19NO. The number of aromatic nitrogens is 1. The summed E-state index contributed by atoms with van der Waals surface area (Å²) in [4.78, 5) is 4.34. The van der Waals surface area contributed by atoms with E-state index in [-0.39, 0.29) is 0 Å². The molecule has 0 unspecified atom stereocenters. The van der Waals surface area contributed by atoms with E-state index < -0.39 is 0 Å². The molecule has 0 saturated heterocycles. The van der Waals surface area contributed by atoms with Crippen molar-refractivity contribution >= 4 is 0 Å². The van der Waals surface area contributed by atoms with Crippen molar-refractivity contribution in [2.24, 2.45) is 0 Å². The highest BCUT2D eigenvalue weighted by molar-refractivity contribution is 5.05. The summed E-state index contributed by atoms with van der Waals surface area (Å²) >= 11 is 0. The van der Waals surface area contributed by atoms with Gasteiger partial charge in [-0.3, -0.25) is 0 Å². The van der Waals surface area contributed by atoms with Crippen molar-refractivity contribution in [3.8, 4) is 0 Å². The van der Waals surface area contributed by atoms with Crippen LogP contribution in [0.15, 0.2) is 4.42 Å². The van der Waals surface area contributed by atoms with Crippen LogP contribution in [0.5, 0.6) is 0 Å². The number of rotatable bonds is 5. The minimum Gasteiger partial charge on any atom is -0.446 e. The smallest absolute Gasteiger partial charge is 0.194 e. The maximum atomic E-state index is 5.48. The fourth-order valence-electron chi connectivity index (χ4n) is 1.35. The SMILES string of the molecule is CCCCCCc1nc(C)c(C)o1. The summed E-state index contributed by atoms with van der Waals surface area (Å²) in [6.45, 7) is 6.19. The lowest BCUT2D eigenvalue weighted by atomic mass is 10.1. The maximum absolute atomic E-state index is 5.48. The Morgan fingerprint density at radius 1 is 1.15 bits per heavy atom. The molecule has 1 heterocycles. The minimum atomic E-state index is 0.908. The van der Waals surface area contributed by atoms with Gasteiger partial charge in [0.2, 0.25) is 0 Å². The zero-order valence-electron chi connectivity index (χ0n) is 8.89. The van der Waals surface area contributed by atoms with Crippen LogP contribution >= 0.6 is 0 Å². The van der Waals surface area contributed by atoms with Gasteiger partial charge in [0.15, 0.2) is 5.89 Å². The third-order valence-electron chi connectivity index (χ3n) is 2.32. The predicted molar refractivity (Wildman–Crippen MR) is 53.8 cm³/mol. The molecule has 1 aromatic rings. The van der Waals surface area contributed by atoms with Crippen LogP contribution in [0.1, 0.15) is 50.0 Å². The van der Waals surface area contributed by atoms with Crippen LogP contribution in [0.2, 0.25) is 0 Å². The molecule has 0 fully saturated rings. The monoisotopic (exact) mass is 181 g/mol. The van der Waals surface area contributed by atoms with Crippen LogP contribution < -0.4 is 0 Å². The molecule has 0 aliphatic rings. The summed E-state index contributed by atoms with van der Waals surface area (Å²) < 4.78 is 5.48. The Morgan fingerprint density at radius 2 is 1.92 bits per heavy atom. The standard InChI is InChI=1S/C11H19NO/c1-4-5-6-7-8-11-12-9(2)10(3)13-11/h4-8H2,1-3H3. The van der Waals surface area contributed by atoms with Crippen molar-refractivity contribution in [2.45, 2.75) is 52.9 Å². The van der Waals surface area contributed by atoms with Gasteiger partial charge < -0.3 is 4.42 Å². The molecule has 0 aromatic carbocycles. The fraction of sp³-hybridized carbons (Fsp3) is 0.727. The second-order valence-corrected chi connectivity index (χ2v) is 3.56. The molecule has 13 heavy (non-hydrogen) atoms. The third-order valence-corrected chi connectivity index (χ3v) is 2.32. The van der Waals surface area contributed by atoms with E-state index in [1.54, 1.807) is 0 Å². The summed E-state index contributed by atoms with van der Waals surface area (Å²) in [6, 6.07) is 0. The molecule has 0 aliphatic carbocycles. The highest BCUT2D eigenvalue weighted by Gasteiger charge is 2.03. The van der Waals surface area contributed by atoms with Crippen molar-refractivity contribution in [1.29, 1.82) is 0 Å². The van der Waals surface area contributed by atoms with E-state index in [0.29, 0.717) is 0 Å². The fourth-order valence-corrected chi connectivity index (χ4v) is 1.35. The van der Waals surface area contributed by atoms with Crippen molar-refractivity contribution in [3.63, 3.8) is 0 Å². The molecular weight excluding hydrogens is 162 g/mol. The third kappa shape index (κ3) is 3.21. The Bertz CT molecular complexity index is 233. The Morgan fingerprint density at radius 3 is 2.46 bits per heavy atom. The predicted octanol–water partition coefficient (Wildman–Crippen LogP) is 3.41. The lowest BCUT2D eigenvalue weighted by Gasteiger charge is -1.94. The number of nitrogens with zero attached hydrogens (tertiary/aromatic N) is 1. The van der Waals surface area contributed by atoms with E-state index in [1.807, 2.05) is 13.8 Å². The first kappa shape index (κ1) is 10.3. The van der Waals surface area contributed by atoms with Crippen LogP contribution in [0.3, 0.4) is 0 Å². The maximum Gasteiger partial charge on any atom is 0.194 e. The van der Waals surface area contributed by atoms with Crippen LogP contribution in [0.25, 0.3) is 0 Å². The molecule has 1 rings (SSSR count). The quantitative estimate of drug-likeness (QED) is 0.650. The van der Waals surface area contributed by atoms with E-state index in [4.69, 9.17) is 4.42 Å². The van der Waals surface area contributed by atoms with Gasteiger partial charge >= 0.3 is 0 Å². The highest BCUT2D eigenvalue weighted by atomic mass is 16.4. The molecule has 0 radical (unpaired) electrons. The van der Waals surface area contributed by atoms with E-state index in [0.717, 1.165) is 23.8 Å². The van der Waals surface area contributed by atoms with Crippen LogP contribution in [0, 0.1) is 13.8 Å². The van der Waals surface area contributed by atoms with Crippen molar-refractivity contribution in [3.05, 3.63) is 17.3 Å². The summed E-state index contributed by atoms with van der Waals surface area (Å²) in [5, 5.41) is 0. The Labute approximate surface area is 80.4 Å². The molecule has 0 saturated carbocycles. The summed E-state index contributed by atoms with van der Waals surface area (Å²) in [7, 11) is 0. The lowest BCUT2D eigenvalue weighted by molar-refractivity contribution is 0.459. The average molecular weight is 181 g/mol. The van der Waals surface area contributed by atoms with E-state index in [2.05, 4.69) is 11.9 Å². The van der Waals surface area contributed by atoms with Gasteiger partial charge in [0.05, 0.1) is 5.69 Å². The zero-order chi connectivity index (χ0) is 9.68. The van der Waals surface area contributed by atoms with E-state index in [9.17, 15) is 0 Å². The van der Waals surface area contributed by atoms with E-state index in [1.165, 1.54) is 25.7 Å². The molecule has 0 N–H and O–H groups in total. The molecule has 1 aromatic heterocycles. The summed E-state index contributed by atoms with van der Waals surface area (Å²) in [5.74, 6) is 1.87. The lowest BCUT2D eigenvalue weighted by Crippen LogP contribution is -1.85. The molecule has 0 atom stereocenters. The summed E-state index contributed by atoms with van der Waals surface area (Å²) in [6.07, 6.45) is 6.08. The second kappa shape index (κ2) is 5.05. The Hall–Kier alpha value is -0.790. The first-order valence-electron chi connectivity index (χ1n) is 5.17. The molecule has 74 valence electrons. The molecule has 2 nitrogen and oxygen atoms in total. The van der Waals surface area contributed by atoms with Crippen molar-refractivity contribution in [2.75, 3.05) is 0 Å². The van der Waals surface area contributed by atoms with Gasteiger partial charge in [0, 0.05) is 6.42 Å². The van der Waals surface area contributed by atoms with Gasteiger partial charge in [0.1, 0.15) is 5.76 Å². The Kier molecular flexibility index (Phi) is 4.00. The molecule has 2 heteroatoms. The normalized spacial score (nSPS) is 10.7. The van der Waals surface area contributed by atoms with Crippen LogP contribution in [-0.4, -0.2) is 4.98 Å². The van der Waals surface area contributed by atoms with Crippen LogP contribution in [-0.2, 0) is 6.42 Å². The van der Waals surface area contributed by atoms with Crippen molar-refractivity contribution in [1.82, 2.24) is 4.98 Å². The van der Waals surface area contributed by atoms with Crippen LogP contribution in [0.4, 0.5) is 0 Å². The van der Waals surface area contributed by atoms with Gasteiger partial charge in [-0.15, -0.1) is 0 Å². The zero-order valence-corrected chi connectivity index (χ0v) is 8.89. The average Bonchev–Trinajstić information content (AvgIpc) is 2.41. The molecule has 0 spiro atoms. The van der Waals surface area contributed by atoms with Gasteiger partial charge in [0.25, 0.3) is 0 Å². The van der Waals surface area contributed by atoms with Gasteiger partial charge in [-0.25, -0.2) is 4.98 Å². The molecule has 0 bridgehead atoms. The number of aryl methyl sites for hydroxylation is 3. The second-order valence-electron chi connectivity index (χ2n) is 3.56. The van der Waals surface area contributed by atoms with Gasteiger partial charge in [-0.05, 0) is 20.3 Å². The number of unbranched alkanes of at least 4 members (excludes halogenated alkanes) is 3. The first-order chi connectivity index (χ1) is 6.24. The molecule has 0 aliphatic heterocycles. The summed E-state index contributed by atoms with van der Waals surface area (Å²) in [5.41, 5.74) is 1.03. The van der Waals surface area contributed by atoms with E-state index >= 15 is 0 Å². The van der Waals surface area contributed by atoms with Crippen molar-refractivity contribution < 1.29 is 4.42 Å². The first-order valence-corrected chi connectivity index (χ1v) is 5.17. The number of hydrogen-bond acceptors (Lipinski definition) is 2. The van der Waals surface area contributed by atoms with Gasteiger partial charge in [-0.2, -0.15) is 0 Å². The highest BCUT2D eigenvalue weighted by Crippen LogP contribution is 2.11. The number of hydrogen-bond donors (Lipinski definition) is 0. The number of oxazole rings is 1. The minimum absolute atomic E-state index is 0.908. The topological polar surface area (TPSA) is 26.0 Å².